The van der Waals surface area contributed by atoms with E-state index in [0.29, 0.717) is 26.1 Å². The first kappa shape index (κ1) is 23.2. The van der Waals surface area contributed by atoms with Crippen LogP contribution in [0.15, 0.2) is 35.1 Å². The Labute approximate surface area is 200 Å². The van der Waals surface area contributed by atoms with E-state index in [1.807, 2.05) is 16.8 Å². The number of pyridine rings is 1. The number of nitrogens with zero attached hydrogens (tertiary/aromatic N) is 4. The molecule has 1 fully saturated rings. The maximum Gasteiger partial charge on any atom is 0.410 e. The second-order valence-electron chi connectivity index (χ2n) is 8.16. The second-order valence-corrected chi connectivity index (χ2v) is 9.07. The summed E-state index contributed by atoms with van der Waals surface area (Å²) in [5.41, 5.74) is 6.02. The molecule has 4 rings (SSSR count). The molecule has 0 aromatic carbocycles. The van der Waals surface area contributed by atoms with Gasteiger partial charge in [0.1, 0.15) is 6.61 Å². The molecule has 1 saturated heterocycles. The Bertz CT molecular complexity index is 1180. The Morgan fingerprint density at radius 3 is 2.79 bits per heavy atom. The number of aliphatic carboxylic acids is 1. The fraction of sp³-hybridized carbons (Fsp3) is 0.417. The van der Waals surface area contributed by atoms with Crippen molar-refractivity contribution in [2.24, 2.45) is 0 Å². The summed E-state index contributed by atoms with van der Waals surface area (Å²) in [5.74, 6) is -0.771. The number of halogens is 1. The highest BCUT2D eigenvalue weighted by atomic mass is 79.9. The maximum atomic E-state index is 12.2. The highest BCUT2D eigenvalue weighted by Gasteiger charge is 2.26. The van der Waals surface area contributed by atoms with E-state index in [1.165, 1.54) is 0 Å². The van der Waals surface area contributed by atoms with Gasteiger partial charge in [0, 0.05) is 40.1 Å². The number of aromatic nitrogens is 3. The lowest BCUT2D eigenvalue weighted by Crippen LogP contribution is -2.26. The summed E-state index contributed by atoms with van der Waals surface area (Å²) >= 11 is 3.54. The number of hydrogen-bond donors (Lipinski definition) is 1. The van der Waals surface area contributed by atoms with Crippen LogP contribution in [0.2, 0.25) is 0 Å². The van der Waals surface area contributed by atoms with Crippen LogP contribution in [-0.4, -0.2) is 49.8 Å². The zero-order valence-corrected chi connectivity index (χ0v) is 20.2. The number of carbonyl (C=O) groups excluding carboxylic acids is 1. The van der Waals surface area contributed by atoms with E-state index < -0.39 is 5.97 Å². The van der Waals surface area contributed by atoms with Gasteiger partial charge in [-0.25, -0.2) is 9.31 Å². The molecule has 3 aromatic heterocycles. The molecule has 1 aliphatic heterocycles. The van der Waals surface area contributed by atoms with Crippen molar-refractivity contribution in [2.75, 3.05) is 13.2 Å². The van der Waals surface area contributed by atoms with Gasteiger partial charge in [0.25, 0.3) is 0 Å². The van der Waals surface area contributed by atoms with Crippen LogP contribution >= 0.6 is 15.9 Å². The van der Waals surface area contributed by atoms with E-state index in [4.69, 9.17) is 14.9 Å². The topological polar surface area (TPSA) is 97.0 Å². The summed E-state index contributed by atoms with van der Waals surface area (Å²) in [6, 6.07) is 6.22. The molecule has 4 heterocycles. The molecule has 8 nitrogen and oxygen atoms in total. The molecule has 1 amide bonds. The molecule has 174 valence electrons. The van der Waals surface area contributed by atoms with Crippen molar-refractivity contribution in [3.63, 3.8) is 0 Å². The van der Waals surface area contributed by atoms with Gasteiger partial charge in [0.05, 0.1) is 24.3 Å². The summed E-state index contributed by atoms with van der Waals surface area (Å²) in [5, 5.41) is 13.9. The van der Waals surface area contributed by atoms with Crippen LogP contribution in [0, 0.1) is 0 Å². The van der Waals surface area contributed by atoms with E-state index in [9.17, 15) is 9.59 Å². The van der Waals surface area contributed by atoms with Crippen molar-refractivity contribution in [2.45, 2.75) is 52.0 Å². The number of hydrogen-bond acceptors (Lipinski definition) is 5. The molecule has 33 heavy (non-hydrogen) atoms. The number of aryl methyl sites for hydroxylation is 1. The van der Waals surface area contributed by atoms with E-state index >= 15 is 0 Å². The predicted molar refractivity (Wildman–Crippen MR) is 127 cm³/mol. The van der Waals surface area contributed by atoms with Gasteiger partial charge in [-0.2, -0.15) is 5.10 Å². The van der Waals surface area contributed by atoms with Crippen molar-refractivity contribution in [3.8, 4) is 11.1 Å². The molecule has 0 unspecified atom stereocenters. The number of cyclic esters (lactones) is 1. The van der Waals surface area contributed by atoms with Gasteiger partial charge >= 0.3 is 12.1 Å². The minimum atomic E-state index is -0.771. The average molecular weight is 515 g/mol. The third kappa shape index (κ3) is 5.19. The molecular formula is C24H27BrN4O4. The quantitative estimate of drug-likeness (QED) is 0.388. The molecule has 0 spiro atoms. The van der Waals surface area contributed by atoms with Crippen LogP contribution in [0.5, 0.6) is 0 Å². The van der Waals surface area contributed by atoms with Crippen molar-refractivity contribution in [3.05, 3.63) is 52.0 Å². The lowest BCUT2D eigenvalue weighted by atomic mass is 9.95. The summed E-state index contributed by atoms with van der Waals surface area (Å²) in [6.45, 7) is 3.39. The molecule has 0 bridgehead atoms. The van der Waals surface area contributed by atoms with Crippen LogP contribution < -0.4 is 0 Å². The van der Waals surface area contributed by atoms with Crippen LogP contribution in [0.1, 0.15) is 49.6 Å². The molecular weight excluding hydrogens is 488 g/mol. The minimum absolute atomic E-state index is 0.171. The maximum absolute atomic E-state index is 12.2. The number of fused-ring (bicyclic) bond motifs is 1. The number of carboxylic acid groups (broad SMARTS) is 1. The van der Waals surface area contributed by atoms with E-state index in [-0.39, 0.29) is 12.5 Å². The molecule has 3 aromatic rings. The van der Waals surface area contributed by atoms with Gasteiger partial charge in [0.2, 0.25) is 0 Å². The van der Waals surface area contributed by atoms with Crippen molar-refractivity contribution in [1.82, 2.24) is 19.5 Å². The lowest BCUT2D eigenvalue weighted by molar-refractivity contribution is -0.137. The van der Waals surface area contributed by atoms with Crippen LogP contribution in [0.3, 0.4) is 0 Å². The van der Waals surface area contributed by atoms with Gasteiger partial charge in [-0.15, -0.1) is 0 Å². The Morgan fingerprint density at radius 1 is 1.24 bits per heavy atom. The van der Waals surface area contributed by atoms with Crippen LogP contribution in [0.4, 0.5) is 4.79 Å². The zero-order valence-electron chi connectivity index (χ0n) is 18.6. The highest BCUT2D eigenvalue weighted by molar-refractivity contribution is 9.10. The van der Waals surface area contributed by atoms with Gasteiger partial charge in [-0.3, -0.25) is 14.7 Å². The first-order valence-electron chi connectivity index (χ1n) is 11.2. The normalized spacial score (nSPS) is 13.6. The Kier molecular flexibility index (Phi) is 7.27. The van der Waals surface area contributed by atoms with Crippen LogP contribution in [0.25, 0.3) is 16.6 Å². The number of ether oxygens (including phenoxy) is 1. The smallest absolute Gasteiger partial charge is 0.410 e. The van der Waals surface area contributed by atoms with Gasteiger partial charge in [-0.1, -0.05) is 13.3 Å². The standard InChI is InChI=1S/C24H27BrN4O4/c1-2-18-8-9-21-23(16-12-17(25)14-26-13-16)19(6-4-3-5-7-22(30)31)20(27-29(18)21)15-28-10-11-33-24(28)32/h8-9,12-14H,2-7,10-11,15H2,1H3,(H,30,31). The number of amides is 1. The fourth-order valence-electron chi connectivity index (χ4n) is 4.30. The van der Waals surface area contributed by atoms with E-state index in [1.54, 1.807) is 11.1 Å². The average Bonchev–Trinajstić information content (AvgIpc) is 3.38. The third-order valence-corrected chi connectivity index (χ3v) is 6.35. The number of rotatable bonds is 10. The Hall–Kier alpha value is -2.94. The SMILES string of the molecule is CCc1ccc2c(-c3cncc(Br)c3)c(CCCCCC(=O)O)c(CN3CCOC3=O)nn12. The molecule has 1 aliphatic rings. The Morgan fingerprint density at radius 2 is 2.09 bits per heavy atom. The molecule has 0 radical (unpaired) electrons. The van der Waals surface area contributed by atoms with Crippen molar-refractivity contribution in [1.29, 1.82) is 0 Å². The largest absolute Gasteiger partial charge is 0.481 e. The highest BCUT2D eigenvalue weighted by Crippen LogP contribution is 2.34. The lowest BCUT2D eigenvalue weighted by Gasteiger charge is -2.20. The fourth-order valence-corrected chi connectivity index (χ4v) is 4.66. The van der Waals surface area contributed by atoms with E-state index in [0.717, 1.165) is 63.8 Å². The Balaban J connectivity index is 1.81. The van der Waals surface area contributed by atoms with E-state index in [2.05, 4.69) is 40.0 Å². The van der Waals surface area contributed by atoms with Crippen molar-refractivity contribution >= 4 is 33.5 Å². The van der Waals surface area contributed by atoms with Crippen LogP contribution in [-0.2, 0) is 28.9 Å². The summed E-state index contributed by atoms with van der Waals surface area (Å²) in [6.07, 6.45) is 7.29. The van der Waals surface area contributed by atoms with Gasteiger partial charge in [-0.05, 0) is 65.4 Å². The third-order valence-electron chi connectivity index (χ3n) is 5.92. The molecule has 0 aliphatic carbocycles. The number of unbranched alkanes of at least 4 members (excludes halogenated alkanes) is 2. The second kappa shape index (κ2) is 10.3. The molecule has 9 heteroatoms. The summed E-state index contributed by atoms with van der Waals surface area (Å²) in [7, 11) is 0. The van der Waals surface area contributed by atoms with Gasteiger partial charge < -0.3 is 9.84 Å². The first-order chi connectivity index (χ1) is 16.0. The summed E-state index contributed by atoms with van der Waals surface area (Å²) < 4.78 is 8.00. The molecule has 0 atom stereocenters. The summed E-state index contributed by atoms with van der Waals surface area (Å²) in [4.78, 5) is 29.1. The monoisotopic (exact) mass is 514 g/mol. The number of carboxylic acids is 1. The molecule has 0 saturated carbocycles. The minimum Gasteiger partial charge on any atom is -0.481 e. The zero-order chi connectivity index (χ0) is 23.4. The number of carbonyl (C=O) groups is 2. The first-order valence-corrected chi connectivity index (χ1v) is 12.0. The van der Waals surface area contributed by atoms with Crippen molar-refractivity contribution < 1.29 is 19.4 Å². The predicted octanol–water partition coefficient (Wildman–Crippen LogP) is 4.86. The van der Waals surface area contributed by atoms with Gasteiger partial charge in [0.15, 0.2) is 0 Å². The molecule has 1 N–H and O–H groups in total.